The van der Waals surface area contributed by atoms with Crippen molar-refractivity contribution in [3.8, 4) is 0 Å². The first-order valence-corrected chi connectivity index (χ1v) is 11.4. The minimum atomic E-state index is -3.63. The average Bonchev–Trinajstić information content (AvgIpc) is 2.70. The van der Waals surface area contributed by atoms with Crippen LogP contribution in [-0.4, -0.2) is 52.9 Å². The van der Waals surface area contributed by atoms with Gasteiger partial charge in [-0.1, -0.05) is 17.7 Å². The van der Waals surface area contributed by atoms with Gasteiger partial charge in [0, 0.05) is 24.5 Å². The van der Waals surface area contributed by atoms with Gasteiger partial charge in [0.05, 0.1) is 25.2 Å². The SMILES string of the molecule is Cc1ccc(N([C@@H](C)C(=O)Nc2ccc(N3CCOCC3)cc2)S(C)(=O)=O)cc1. The van der Waals surface area contributed by atoms with Crippen molar-refractivity contribution >= 4 is 33.0 Å². The van der Waals surface area contributed by atoms with Crippen LogP contribution in [0.2, 0.25) is 0 Å². The largest absolute Gasteiger partial charge is 0.378 e. The van der Waals surface area contributed by atoms with E-state index in [1.165, 1.54) is 0 Å². The predicted molar refractivity (Wildman–Crippen MR) is 116 cm³/mol. The molecule has 0 aliphatic carbocycles. The van der Waals surface area contributed by atoms with Crippen LogP contribution in [0.25, 0.3) is 0 Å². The van der Waals surface area contributed by atoms with Gasteiger partial charge < -0.3 is 15.0 Å². The normalized spacial score (nSPS) is 15.6. The number of rotatable bonds is 6. The summed E-state index contributed by atoms with van der Waals surface area (Å²) in [5.74, 6) is -0.393. The number of amides is 1. The zero-order valence-electron chi connectivity index (χ0n) is 17.0. The Morgan fingerprint density at radius 1 is 1.07 bits per heavy atom. The molecule has 0 aromatic heterocycles. The Balaban J connectivity index is 1.73. The molecule has 1 heterocycles. The van der Waals surface area contributed by atoms with Crippen LogP contribution in [0.4, 0.5) is 17.1 Å². The van der Waals surface area contributed by atoms with E-state index in [4.69, 9.17) is 4.74 Å². The number of hydrogen-bond acceptors (Lipinski definition) is 5. The molecule has 2 aromatic rings. The molecule has 2 aromatic carbocycles. The quantitative estimate of drug-likeness (QED) is 0.782. The minimum Gasteiger partial charge on any atom is -0.378 e. The fourth-order valence-electron chi connectivity index (χ4n) is 3.32. The van der Waals surface area contributed by atoms with Gasteiger partial charge in [0.1, 0.15) is 6.04 Å². The van der Waals surface area contributed by atoms with Crippen molar-refractivity contribution in [1.82, 2.24) is 0 Å². The van der Waals surface area contributed by atoms with Gasteiger partial charge >= 0.3 is 0 Å². The number of hydrogen-bond donors (Lipinski definition) is 1. The lowest BCUT2D eigenvalue weighted by Crippen LogP contribution is -2.45. The van der Waals surface area contributed by atoms with Gasteiger partial charge in [-0.25, -0.2) is 8.42 Å². The number of ether oxygens (including phenoxy) is 1. The molecule has 1 saturated heterocycles. The summed E-state index contributed by atoms with van der Waals surface area (Å²) in [6.07, 6.45) is 1.10. The number of aryl methyl sites for hydroxylation is 1. The number of nitrogens with one attached hydrogen (secondary N) is 1. The Hall–Kier alpha value is -2.58. The van der Waals surface area contributed by atoms with Crippen molar-refractivity contribution in [1.29, 1.82) is 0 Å². The zero-order valence-corrected chi connectivity index (χ0v) is 17.8. The van der Waals surface area contributed by atoms with E-state index in [2.05, 4.69) is 10.2 Å². The lowest BCUT2D eigenvalue weighted by atomic mass is 10.2. The lowest BCUT2D eigenvalue weighted by Gasteiger charge is -2.29. The van der Waals surface area contributed by atoms with Crippen molar-refractivity contribution < 1.29 is 17.9 Å². The van der Waals surface area contributed by atoms with Crippen molar-refractivity contribution in [2.24, 2.45) is 0 Å². The Kier molecular flexibility index (Phi) is 6.44. The second kappa shape index (κ2) is 8.84. The molecule has 1 atom stereocenters. The fourth-order valence-corrected chi connectivity index (χ4v) is 4.50. The molecule has 29 heavy (non-hydrogen) atoms. The molecule has 0 saturated carbocycles. The summed E-state index contributed by atoms with van der Waals surface area (Å²) in [6, 6.07) is 13.7. The van der Waals surface area contributed by atoms with Crippen LogP contribution >= 0.6 is 0 Å². The van der Waals surface area contributed by atoms with Gasteiger partial charge in [-0.15, -0.1) is 0 Å². The monoisotopic (exact) mass is 417 g/mol. The molecule has 1 fully saturated rings. The molecular weight excluding hydrogens is 390 g/mol. The third-order valence-corrected chi connectivity index (χ3v) is 6.13. The Morgan fingerprint density at radius 2 is 1.66 bits per heavy atom. The molecule has 8 heteroatoms. The van der Waals surface area contributed by atoms with Crippen molar-refractivity contribution in [3.63, 3.8) is 0 Å². The molecule has 156 valence electrons. The molecule has 0 bridgehead atoms. The molecule has 1 N–H and O–H groups in total. The van der Waals surface area contributed by atoms with E-state index in [9.17, 15) is 13.2 Å². The van der Waals surface area contributed by atoms with E-state index >= 15 is 0 Å². The topological polar surface area (TPSA) is 79.0 Å². The fraction of sp³-hybridized carbons (Fsp3) is 0.381. The zero-order chi connectivity index (χ0) is 21.0. The number of nitrogens with zero attached hydrogens (tertiary/aromatic N) is 2. The summed E-state index contributed by atoms with van der Waals surface area (Å²) in [4.78, 5) is 15.0. The highest BCUT2D eigenvalue weighted by molar-refractivity contribution is 7.92. The number of carbonyl (C=O) groups excluding carboxylic acids is 1. The van der Waals surface area contributed by atoms with Crippen LogP contribution in [0.5, 0.6) is 0 Å². The highest BCUT2D eigenvalue weighted by Crippen LogP contribution is 2.23. The van der Waals surface area contributed by atoms with E-state index in [0.717, 1.165) is 34.9 Å². The van der Waals surface area contributed by atoms with Gasteiger partial charge in [-0.3, -0.25) is 9.10 Å². The number of morpholine rings is 1. The first-order valence-electron chi connectivity index (χ1n) is 9.55. The molecular formula is C21H27N3O4S. The average molecular weight is 418 g/mol. The second-order valence-corrected chi connectivity index (χ2v) is 9.07. The minimum absolute atomic E-state index is 0.393. The van der Waals surface area contributed by atoms with E-state index in [0.29, 0.717) is 24.6 Å². The van der Waals surface area contributed by atoms with Crippen LogP contribution in [0, 0.1) is 6.92 Å². The third-order valence-electron chi connectivity index (χ3n) is 4.89. The Morgan fingerprint density at radius 3 is 2.21 bits per heavy atom. The van der Waals surface area contributed by atoms with Crippen LogP contribution in [0.15, 0.2) is 48.5 Å². The number of sulfonamides is 1. The molecule has 0 unspecified atom stereocenters. The van der Waals surface area contributed by atoms with Crippen LogP contribution in [-0.2, 0) is 19.6 Å². The van der Waals surface area contributed by atoms with Crippen LogP contribution < -0.4 is 14.5 Å². The van der Waals surface area contributed by atoms with Gasteiger partial charge in [-0.05, 0) is 50.2 Å². The van der Waals surface area contributed by atoms with E-state index < -0.39 is 22.0 Å². The van der Waals surface area contributed by atoms with Gasteiger partial charge in [0.15, 0.2) is 0 Å². The molecule has 1 aliphatic rings. The molecule has 1 amide bonds. The summed E-state index contributed by atoms with van der Waals surface area (Å²) in [5, 5.41) is 2.82. The third kappa shape index (κ3) is 5.27. The highest BCUT2D eigenvalue weighted by atomic mass is 32.2. The van der Waals surface area contributed by atoms with Crippen molar-refractivity contribution in [3.05, 3.63) is 54.1 Å². The number of anilines is 3. The Labute approximate surface area is 172 Å². The maximum Gasteiger partial charge on any atom is 0.247 e. The van der Waals surface area contributed by atoms with Crippen molar-refractivity contribution in [2.45, 2.75) is 19.9 Å². The lowest BCUT2D eigenvalue weighted by molar-refractivity contribution is -0.116. The maximum atomic E-state index is 12.8. The Bertz CT molecular complexity index is 937. The molecule has 0 spiro atoms. The standard InChI is InChI=1S/C21H27N3O4S/c1-16-4-8-20(9-5-16)24(29(3,26)27)17(2)21(25)22-18-6-10-19(11-7-18)23-12-14-28-15-13-23/h4-11,17H,12-15H2,1-3H3,(H,22,25)/t17-/m0/s1. The predicted octanol–water partition coefficient (Wildman–Crippen LogP) is 2.62. The van der Waals surface area contributed by atoms with Crippen LogP contribution in [0.1, 0.15) is 12.5 Å². The van der Waals surface area contributed by atoms with Gasteiger partial charge in [-0.2, -0.15) is 0 Å². The van der Waals surface area contributed by atoms with E-state index in [1.54, 1.807) is 19.1 Å². The van der Waals surface area contributed by atoms with Gasteiger partial charge in [0.25, 0.3) is 0 Å². The van der Waals surface area contributed by atoms with Gasteiger partial charge in [0.2, 0.25) is 15.9 Å². The summed E-state index contributed by atoms with van der Waals surface area (Å²) >= 11 is 0. The number of benzene rings is 2. The van der Waals surface area contributed by atoms with E-state index in [1.807, 2.05) is 43.3 Å². The molecule has 1 aliphatic heterocycles. The molecule has 0 radical (unpaired) electrons. The van der Waals surface area contributed by atoms with Crippen molar-refractivity contribution in [2.75, 3.05) is 47.1 Å². The summed E-state index contributed by atoms with van der Waals surface area (Å²) in [6.45, 7) is 6.58. The van der Waals surface area contributed by atoms with Crippen LogP contribution in [0.3, 0.4) is 0 Å². The number of carbonyl (C=O) groups is 1. The summed E-state index contributed by atoms with van der Waals surface area (Å²) < 4.78 is 31.2. The highest BCUT2D eigenvalue weighted by Gasteiger charge is 2.29. The molecule has 7 nitrogen and oxygen atoms in total. The summed E-state index contributed by atoms with van der Waals surface area (Å²) in [7, 11) is -3.63. The first-order chi connectivity index (χ1) is 13.8. The summed E-state index contributed by atoms with van der Waals surface area (Å²) in [5.41, 5.74) is 3.16. The maximum absolute atomic E-state index is 12.8. The van der Waals surface area contributed by atoms with E-state index in [-0.39, 0.29) is 0 Å². The second-order valence-electron chi connectivity index (χ2n) is 7.21. The first kappa shape index (κ1) is 21.1. The smallest absolute Gasteiger partial charge is 0.247 e. The molecule has 3 rings (SSSR count).